The van der Waals surface area contributed by atoms with Crippen LogP contribution in [0, 0.1) is 0 Å². The Morgan fingerprint density at radius 1 is 1.50 bits per heavy atom. The number of anilines is 1. The summed E-state index contributed by atoms with van der Waals surface area (Å²) in [6.45, 7) is 0. The molecule has 0 amide bonds. The molecule has 50 valence electrons. The highest BCUT2D eigenvalue weighted by atomic mass is 32.2. The maximum Gasteiger partial charge on any atom is 0.110 e. The molecule has 2 heterocycles. The van der Waals surface area contributed by atoms with Crippen molar-refractivity contribution >= 4 is 23.7 Å². The number of fused-ring (bicyclic) bond motifs is 1. The van der Waals surface area contributed by atoms with E-state index in [9.17, 15) is 0 Å². The highest BCUT2D eigenvalue weighted by Gasteiger charge is 2.02. The third-order valence-electron chi connectivity index (χ3n) is 1.21. The number of hydrogen-bond acceptors (Lipinski definition) is 4. The van der Waals surface area contributed by atoms with Crippen LogP contribution in [0.1, 0.15) is 5.69 Å². The molecule has 1 aliphatic heterocycles. The van der Waals surface area contributed by atoms with E-state index in [4.69, 9.17) is 0 Å². The normalized spacial score (nSPS) is 14.0. The van der Waals surface area contributed by atoms with Crippen LogP contribution in [-0.4, -0.2) is 10.2 Å². The molecule has 0 radical (unpaired) electrons. The quantitative estimate of drug-likeness (QED) is 0.570. The first-order valence-electron chi connectivity index (χ1n) is 2.87. The van der Waals surface area contributed by atoms with Gasteiger partial charge in [-0.3, -0.25) is 0 Å². The summed E-state index contributed by atoms with van der Waals surface area (Å²) in [7, 11) is 0. The van der Waals surface area contributed by atoms with E-state index >= 15 is 0 Å². The molecule has 0 spiro atoms. The molecule has 0 atom stereocenters. The first-order valence-corrected chi connectivity index (χ1v) is 3.75. The molecule has 1 aromatic heterocycles. The van der Waals surface area contributed by atoms with Gasteiger partial charge in [0.2, 0.25) is 0 Å². The van der Waals surface area contributed by atoms with Crippen molar-refractivity contribution in [2.24, 2.45) is 0 Å². The van der Waals surface area contributed by atoms with E-state index < -0.39 is 0 Å². The molecule has 1 N–H and O–H groups in total. The van der Waals surface area contributed by atoms with Crippen molar-refractivity contribution in [1.29, 1.82) is 0 Å². The van der Waals surface area contributed by atoms with Crippen molar-refractivity contribution in [1.82, 2.24) is 10.2 Å². The topological polar surface area (TPSA) is 37.8 Å². The van der Waals surface area contributed by atoms with Gasteiger partial charge in [0.15, 0.2) is 0 Å². The lowest BCUT2D eigenvalue weighted by Crippen LogP contribution is -1.96. The fourth-order valence-corrected chi connectivity index (χ4v) is 1.31. The van der Waals surface area contributed by atoms with Crippen LogP contribution in [0.4, 0.5) is 5.69 Å². The Morgan fingerprint density at radius 3 is 3.40 bits per heavy atom. The van der Waals surface area contributed by atoms with Gasteiger partial charge in [-0.25, -0.2) is 0 Å². The SMILES string of the molecule is C1=Cc2nnccc2NS1. The van der Waals surface area contributed by atoms with E-state index in [1.165, 1.54) is 11.9 Å². The summed E-state index contributed by atoms with van der Waals surface area (Å²) >= 11 is 1.54. The zero-order chi connectivity index (χ0) is 6.81. The van der Waals surface area contributed by atoms with Crippen molar-refractivity contribution in [3.05, 3.63) is 23.4 Å². The summed E-state index contributed by atoms with van der Waals surface area (Å²) < 4.78 is 3.09. The fourth-order valence-electron chi connectivity index (χ4n) is 0.748. The molecule has 1 aromatic rings. The summed E-state index contributed by atoms with van der Waals surface area (Å²) in [5.41, 5.74) is 1.93. The highest BCUT2D eigenvalue weighted by molar-refractivity contribution is 8.03. The number of rotatable bonds is 0. The Labute approximate surface area is 62.7 Å². The molecule has 3 nitrogen and oxygen atoms in total. The lowest BCUT2D eigenvalue weighted by Gasteiger charge is -2.07. The highest BCUT2D eigenvalue weighted by Crippen LogP contribution is 2.22. The second-order valence-corrected chi connectivity index (χ2v) is 2.56. The number of hydrogen-bond donors (Lipinski definition) is 1. The van der Waals surface area contributed by atoms with E-state index in [0.717, 1.165) is 11.4 Å². The van der Waals surface area contributed by atoms with E-state index in [0.29, 0.717) is 0 Å². The summed E-state index contributed by atoms with van der Waals surface area (Å²) in [4.78, 5) is 0. The van der Waals surface area contributed by atoms with Crippen molar-refractivity contribution in [2.45, 2.75) is 0 Å². The minimum atomic E-state index is 0.904. The van der Waals surface area contributed by atoms with Gasteiger partial charge in [-0.2, -0.15) is 5.10 Å². The number of aromatic nitrogens is 2. The molecule has 10 heavy (non-hydrogen) atoms. The summed E-state index contributed by atoms with van der Waals surface area (Å²) in [5, 5.41) is 9.60. The second-order valence-electron chi connectivity index (χ2n) is 1.85. The molecule has 0 bridgehead atoms. The van der Waals surface area contributed by atoms with Crippen molar-refractivity contribution in [3.63, 3.8) is 0 Å². The maximum absolute atomic E-state index is 3.91. The van der Waals surface area contributed by atoms with E-state index in [2.05, 4.69) is 14.9 Å². The van der Waals surface area contributed by atoms with Crippen molar-refractivity contribution < 1.29 is 0 Å². The van der Waals surface area contributed by atoms with E-state index in [1.54, 1.807) is 6.20 Å². The van der Waals surface area contributed by atoms with Crippen LogP contribution in [0.5, 0.6) is 0 Å². The standard InChI is InChI=1S/C6H5N3S/c1-3-7-8-5-2-4-10-9-6(1)5/h1-4,9H. The van der Waals surface area contributed by atoms with Crippen LogP contribution in [0.3, 0.4) is 0 Å². The third-order valence-corrected chi connectivity index (χ3v) is 1.82. The Balaban J connectivity index is 2.54. The van der Waals surface area contributed by atoms with Gasteiger partial charge in [0, 0.05) is 0 Å². The van der Waals surface area contributed by atoms with Crippen LogP contribution < -0.4 is 4.72 Å². The zero-order valence-electron chi connectivity index (χ0n) is 5.11. The monoisotopic (exact) mass is 151 g/mol. The summed E-state index contributed by atoms with van der Waals surface area (Å²) in [6, 6.07) is 1.90. The largest absolute Gasteiger partial charge is 0.324 e. The van der Waals surface area contributed by atoms with Gasteiger partial charge in [0.25, 0.3) is 0 Å². The Morgan fingerprint density at radius 2 is 2.50 bits per heavy atom. The number of nitrogens with one attached hydrogen (secondary N) is 1. The molecule has 0 unspecified atom stereocenters. The van der Waals surface area contributed by atoms with Gasteiger partial charge < -0.3 is 4.72 Å². The third kappa shape index (κ3) is 0.863. The maximum atomic E-state index is 3.91. The fraction of sp³-hybridized carbons (Fsp3) is 0. The lowest BCUT2D eigenvalue weighted by molar-refractivity contribution is 1.02. The van der Waals surface area contributed by atoms with E-state index in [-0.39, 0.29) is 0 Å². The molecule has 0 fully saturated rings. The molecule has 0 aliphatic carbocycles. The smallest absolute Gasteiger partial charge is 0.110 e. The minimum Gasteiger partial charge on any atom is -0.324 e. The van der Waals surface area contributed by atoms with Crippen LogP contribution in [0.25, 0.3) is 6.08 Å². The van der Waals surface area contributed by atoms with Gasteiger partial charge in [-0.05, 0) is 29.5 Å². The van der Waals surface area contributed by atoms with E-state index in [1.807, 2.05) is 17.6 Å². The Bertz CT molecular complexity index is 271. The van der Waals surface area contributed by atoms with Crippen LogP contribution in [-0.2, 0) is 0 Å². The Hall–Kier alpha value is -1.03. The predicted molar refractivity (Wildman–Crippen MR) is 42.3 cm³/mol. The minimum absolute atomic E-state index is 0.904. The average Bonchev–Trinajstić information content (AvgIpc) is 2.05. The van der Waals surface area contributed by atoms with Gasteiger partial charge in [-0.15, -0.1) is 5.10 Å². The Kier molecular flexibility index (Phi) is 1.32. The summed E-state index contributed by atoms with van der Waals surface area (Å²) in [5.74, 6) is 0. The first kappa shape index (κ1) is 5.73. The van der Waals surface area contributed by atoms with Gasteiger partial charge in [0.05, 0.1) is 11.9 Å². The van der Waals surface area contributed by atoms with Gasteiger partial charge >= 0.3 is 0 Å². The van der Waals surface area contributed by atoms with Gasteiger partial charge in [-0.1, -0.05) is 0 Å². The molecule has 0 saturated heterocycles. The summed E-state index contributed by atoms with van der Waals surface area (Å²) in [6.07, 6.45) is 3.61. The molecular weight excluding hydrogens is 146 g/mol. The van der Waals surface area contributed by atoms with Crippen molar-refractivity contribution in [3.8, 4) is 0 Å². The first-order chi connectivity index (χ1) is 4.97. The molecule has 0 aromatic carbocycles. The van der Waals surface area contributed by atoms with Crippen LogP contribution in [0.2, 0.25) is 0 Å². The number of nitrogens with zero attached hydrogens (tertiary/aromatic N) is 2. The van der Waals surface area contributed by atoms with Crippen LogP contribution >= 0.6 is 11.9 Å². The molecular formula is C6H5N3S. The predicted octanol–water partition coefficient (Wildman–Crippen LogP) is 1.52. The molecule has 0 saturated carbocycles. The molecule has 2 rings (SSSR count). The molecule has 4 heteroatoms. The van der Waals surface area contributed by atoms with Crippen LogP contribution in [0.15, 0.2) is 17.7 Å². The molecule has 1 aliphatic rings. The van der Waals surface area contributed by atoms with Crippen molar-refractivity contribution in [2.75, 3.05) is 4.72 Å². The zero-order valence-corrected chi connectivity index (χ0v) is 5.93. The average molecular weight is 151 g/mol. The second kappa shape index (κ2) is 2.30. The van der Waals surface area contributed by atoms with Gasteiger partial charge in [0.1, 0.15) is 5.69 Å². The lowest BCUT2D eigenvalue weighted by atomic mass is 10.3.